The lowest BCUT2D eigenvalue weighted by atomic mass is 10.1. The van der Waals surface area contributed by atoms with E-state index in [1.165, 1.54) is 77.0 Å². The maximum atomic E-state index is 5.85. The van der Waals surface area contributed by atoms with Crippen molar-refractivity contribution in [2.75, 3.05) is 6.61 Å². The number of ether oxygens (including phenoxy) is 1. The summed E-state index contributed by atoms with van der Waals surface area (Å²) in [5, 5.41) is 0. The van der Waals surface area contributed by atoms with Crippen molar-refractivity contribution in [3.63, 3.8) is 0 Å². The van der Waals surface area contributed by atoms with Crippen molar-refractivity contribution in [2.45, 2.75) is 104 Å². The molecule has 0 aliphatic rings. The van der Waals surface area contributed by atoms with Crippen molar-refractivity contribution in [1.82, 2.24) is 0 Å². The van der Waals surface area contributed by atoms with Crippen LogP contribution in [0, 0.1) is 0 Å². The first-order valence-electron chi connectivity index (χ1n) is 8.42. The Kier molecular flexibility index (Phi) is 15.0. The standard InChI is InChI=1S/C17H36O/c1-4-6-8-10-11-12-14-16-18-17(3)15-13-9-7-5-2/h17H,4-16H2,1-3H3/t17-/m0/s1. The Morgan fingerprint density at radius 3 is 1.78 bits per heavy atom. The van der Waals surface area contributed by atoms with Gasteiger partial charge in [-0.2, -0.15) is 0 Å². The van der Waals surface area contributed by atoms with Gasteiger partial charge in [0, 0.05) is 6.61 Å². The van der Waals surface area contributed by atoms with Crippen LogP contribution >= 0.6 is 0 Å². The zero-order valence-electron chi connectivity index (χ0n) is 13.2. The monoisotopic (exact) mass is 256 g/mol. The molecule has 0 aliphatic heterocycles. The average Bonchev–Trinajstić information content (AvgIpc) is 2.38. The van der Waals surface area contributed by atoms with E-state index in [4.69, 9.17) is 4.74 Å². The predicted molar refractivity (Wildman–Crippen MR) is 82.2 cm³/mol. The summed E-state index contributed by atoms with van der Waals surface area (Å²) in [6, 6.07) is 0. The minimum absolute atomic E-state index is 0.474. The third-order valence-electron chi connectivity index (χ3n) is 3.61. The summed E-state index contributed by atoms with van der Waals surface area (Å²) in [5.74, 6) is 0. The van der Waals surface area contributed by atoms with Crippen LogP contribution < -0.4 is 0 Å². The number of unbranched alkanes of at least 4 members (excludes halogenated alkanes) is 9. The van der Waals surface area contributed by atoms with Crippen LogP contribution in [0.2, 0.25) is 0 Å². The first-order chi connectivity index (χ1) is 8.81. The molecule has 0 aromatic rings. The third kappa shape index (κ3) is 14.0. The van der Waals surface area contributed by atoms with Crippen LogP contribution in [-0.2, 0) is 4.74 Å². The van der Waals surface area contributed by atoms with Crippen LogP contribution in [0.1, 0.15) is 97.8 Å². The van der Waals surface area contributed by atoms with E-state index in [1.54, 1.807) is 0 Å². The van der Waals surface area contributed by atoms with Crippen LogP contribution in [-0.4, -0.2) is 12.7 Å². The van der Waals surface area contributed by atoms with Gasteiger partial charge in [0.15, 0.2) is 0 Å². The largest absolute Gasteiger partial charge is 0.379 e. The normalized spacial score (nSPS) is 12.8. The topological polar surface area (TPSA) is 9.23 Å². The molecule has 0 heterocycles. The highest BCUT2D eigenvalue weighted by atomic mass is 16.5. The molecule has 1 nitrogen and oxygen atoms in total. The molecule has 110 valence electrons. The lowest BCUT2D eigenvalue weighted by molar-refractivity contribution is 0.0557. The van der Waals surface area contributed by atoms with E-state index < -0.39 is 0 Å². The minimum atomic E-state index is 0.474. The van der Waals surface area contributed by atoms with Gasteiger partial charge in [0.1, 0.15) is 0 Å². The molecule has 0 rings (SSSR count). The zero-order valence-corrected chi connectivity index (χ0v) is 13.2. The van der Waals surface area contributed by atoms with Gasteiger partial charge < -0.3 is 4.74 Å². The molecule has 18 heavy (non-hydrogen) atoms. The maximum Gasteiger partial charge on any atom is 0.0547 e. The highest BCUT2D eigenvalue weighted by Gasteiger charge is 2.01. The van der Waals surface area contributed by atoms with Crippen molar-refractivity contribution < 1.29 is 4.74 Å². The second-order valence-corrected chi connectivity index (χ2v) is 5.65. The fourth-order valence-electron chi connectivity index (χ4n) is 2.29. The van der Waals surface area contributed by atoms with Crippen LogP contribution in [0.3, 0.4) is 0 Å². The molecule has 0 unspecified atom stereocenters. The molecule has 0 saturated carbocycles. The van der Waals surface area contributed by atoms with E-state index in [2.05, 4.69) is 20.8 Å². The van der Waals surface area contributed by atoms with Crippen molar-refractivity contribution in [3.05, 3.63) is 0 Å². The molecule has 0 fully saturated rings. The Balaban J connectivity index is 3.08. The Morgan fingerprint density at radius 2 is 1.17 bits per heavy atom. The van der Waals surface area contributed by atoms with E-state index in [0.29, 0.717) is 6.10 Å². The van der Waals surface area contributed by atoms with Gasteiger partial charge in [-0.3, -0.25) is 0 Å². The smallest absolute Gasteiger partial charge is 0.0547 e. The van der Waals surface area contributed by atoms with Crippen molar-refractivity contribution in [2.24, 2.45) is 0 Å². The molecular formula is C17H36O. The van der Waals surface area contributed by atoms with E-state index in [-0.39, 0.29) is 0 Å². The summed E-state index contributed by atoms with van der Waals surface area (Å²) in [6.45, 7) is 7.74. The SMILES string of the molecule is CCCCCCCCCO[C@@H](C)CCCCCC. The summed E-state index contributed by atoms with van der Waals surface area (Å²) in [4.78, 5) is 0. The first-order valence-corrected chi connectivity index (χ1v) is 8.42. The molecular weight excluding hydrogens is 220 g/mol. The zero-order chi connectivity index (χ0) is 13.5. The van der Waals surface area contributed by atoms with Crippen molar-refractivity contribution in [3.8, 4) is 0 Å². The second-order valence-electron chi connectivity index (χ2n) is 5.65. The molecule has 0 amide bonds. The maximum absolute atomic E-state index is 5.85. The van der Waals surface area contributed by atoms with Crippen LogP contribution in [0.15, 0.2) is 0 Å². The van der Waals surface area contributed by atoms with Crippen LogP contribution in [0.4, 0.5) is 0 Å². The molecule has 0 bridgehead atoms. The Labute approximate surface area is 116 Å². The van der Waals surface area contributed by atoms with Gasteiger partial charge in [0.25, 0.3) is 0 Å². The summed E-state index contributed by atoms with van der Waals surface area (Å²) in [6.07, 6.45) is 16.7. The van der Waals surface area contributed by atoms with Gasteiger partial charge in [0.05, 0.1) is 6.10 Å². The van der Waals surface area contributed by atoms with Gasteiger partial charge in [0.2, 0.25) is 0 Å². The van der Waals surface area contributed by atoms with E-state index in [9.17, 15) is 0 Å². The van der Waals surface area contributed by atoms with Gasteiger partial charge in [-0.15, -0.1) is 0 Å². The van der Waals surface area contributed by atoms with Crippen LogP contribution in [0.25, 0.3) is 0 Å². The Morgan fingerprint density at radius 1 is 0.667 bits per heavy atom. The van der Waals surface area contributed by atoms with E-state index in [0.717, 1.165) is 6.61 Å². The lowest BCUT2D eigenvalue weighted by Crippen LogP contribution is -2.09. The third-order valence-corrected chi connectivity index (χ3v) is 3.61. The lowest BCUT2D eigenvalue weighted by Gasteiger charge is -2.12. The highest BCUT2D eigenvalue weighted by molar-refractivity contribution is 4.52. The summed E-state index contributed by atoms with van der Waals surface area (Å²) in [7, 11) is 0. The molecule has 0 saturated heterocycles. The Bertz CT molecular complexity index is 145. The van der Waals surface area contributed by atoms with E-state index in [1.807, 2.05) is 0 Å². The summed E-state index contributed by atoms with van der Waals surface area (Å²) >= 11 is 0. The molecule has 1 heteroatoms. The molecule has 1 atom stereocenters. The average molecular weight is 256 g/mol. The van der Waals surface area contributed by atoms with Crippen LogP contribution in [0.5, 0.6) is 0 Å². The quantitative estimate of drug-likeness (QED) is 0.341. The molecule has 0 aromatic heterocycles. The van der Waals surface area contributed by atoms with Gasteiger partial charge in [-0.25, -0.2) is 0 Å². The fourth-order valence-corrected chi connectivity index (χ4v) is 2.29. The molecule has 0 aliphatic carbocycles. The molecule has 0 spiro atoms. The highest BCUT2D eigenvalue weighted by Crippen LogP contribution is 2.10. The summed E-state index contributed by atoms with van der Waals surface area (Å²) < 4.78 is 5.85. The van der Waals surface area contributed by atoms with Gasteiger partial charge in [-0.05, 0) is 19.8 Å². The number of hydrogen-bond acceptors (Lipinski definition) is 1. The van der Waals surface area contributed by atoms with Gasteiger partial charge in [-0.1, -0.05) is 78.1 Å². The van der Waals surface area contributed by atoms with E-state index >= 15 is 0 Å². The molecule has 0 aromatic carbocycles. The van der Waals surface area contributed by atoms with Crippen molar-refractivity contribution in [1.29, 1.82) is 0 Å². The summed E-state index contributed by atoms with van der Waals surface area (Å²) in [5.41, 5.74) is 0. The molecule has 0 N–H and O–H groups in total. The minimum Gasteiger partial charge on any atom is -0.379 e. The second kappa shape index (κ2) is 15.0. The Hall–Kier alpha value is -0.0400. The van der Waals surface area contributed by atoms with Crippen molar-refractivity contribution >= 4 is 0 Å². The van der Waals surface area contributed by atoms with Gasteiger partial charge >= 0.3 is 0 Å². The molecule has 0 radical (unpaired) electrons. The fraction of sp³-hybridized carbons (Fsp3) is 1.00. The number of hydrogen-bond donors (Lipinski definition) is 0. The predicted octanol–water partition coefficient (Wildman–Crippen LogP) is 6.11. The number of rotatable bonds is 14. The first kappa shape index (κ1) is 18.0.